The second-order valence-corrected chi connectivity index (χ2v) is 5.29. The molecule has 0 heterocycles. The summed E-state index contributed by atoms with van der Waals surface area (Å²) in [5, 5.41) is 11.9. The van der Waals surface area contributed by atoms with E-state index in [4.69, 9.17) is 5.11 Å². The number of nitrogens with one attached hydrogen (secondary N) is 1. The molecule has 1 unspecified atom stereocenters. The van der Waals surface area contributed by atoms with Crippen LogP contribution < -0.4 is 5.32 Å². The van der Waals surface area contributed by atoms with Crippen LogP contribution in [0.4, 0.5) is 0 Å². The fraction of sp³-hybridized carbons (Fsp3) is 0.417. The third-order valence-corrected chi connectivity index (χ3v) is 2.65. The van der Waals surface area contributed by atoms with Gasteiger partial charge in [-0.2, -0.15) is 0 Å². The largest absolute Gasteiger partial charge is 0.508 e. The molecular weight excluding hydrogens is 270 g/mol. The molecule has 0 fully saturated rings. The molecule has 0 saturated carbocycles. The number of phenolic OH excluding ortho intramolecular Hbond substituents is 1. The number of alkyl halides is 1. The van der Waals surface area contributed by atoms with Gasteiger partial charge in [-0.1, -0.05) is 22.9 Å². The Hall–Kier alpha value is -1.03. The summed E-state index contributed by atoms with van der Waals surface area (Å²) in [5.41, 5.74) is 0.574. The van der Waals surface area contributed by atoms with E-state index >= 15 is 0 Å². The highest BCUT2D eigenvalue weighted by molar-refractivity contribution is 9.09. The van der Waals surface area contributed by atoms with Crippen LogP contribution in [0.2, 0.25) is 0 Å². The van der Waals surface area contributed by atoms with Crippen molar-refractivity contribution in [3.63, 3.8) is 0 Å². The van der Waals surface area contributed by atoms with Crippen molar-refractivity contribution in [2.24, 2.45) is 0 Å². The molecule has 0 aliphatic rings. The Morgan fingerprint density at radius 2 is 2.06 bits per heavy atom. The Morgan fingerprint density at radius 3 is 2.62 bits per heavy atom. The molecule has 88 valence electrons. The Morgan fingerprint density at radius 1 is 1.44 bits per heavy atom. The summed E-state index contributed by atoms with van der Waals surface area (Å²) in [7, 11) is 0. The van der Waals surface area contributed by atoms with Crippen molar-refractivity contribution in [3.8, 4) is 5.75 Å². The Labute approximate surface area is 104 Å². The Bertz CT molecular complexity index is 335. The van der Waals surface area contributed by atoms with Gasteiger partial charge in [0.15, 0.2) is 0 Å². The molecule has 0 radical (unpaired) electrons. The summed E-state index contributed by atoms with van der Waals surface area (Å²) in [6.45, 7) is 2.76. The number of rotatable bonds is 5. The van der Waals surface area contributed by atoms with Gasteiger partial charge in [-0.3, -0.25) is 4.79 Å². The average molecular weight is 286 g/mol. The molecule has 4 heteroatoms. The second kappa shape index (κ2) is 6.53. The lowest BCUT2D eigenvalue weighted by Gasteiger charge is -2.06. The van der Waals surface area contributed by atoms with Gasteiger partial charge in [0.1, 0.15) is 5.75 Å². The molecule has 1 aromatic carbocycles. The van der Waals surface area contributed by atoms with Crippen LogP contribution >= 0.6 is 15.9 Å². The molecule has 3 nitrogen and oxygen atoms in total. The Kier molecular flexibility index (Phi) is 5.32. The van der Waals surface area contributed by atoms with Crippen molar-refractivity contribution in [1.29, 1.82) is 0 Å². The minimum absolute atomic E-state index is 0.0952. The number of hydrogen-bond donors (Lipinski definition) is 2. The molecule has 1 rings (SSSR count). The number of phenols is 1. The summed E-state index contributed by atoms with van der Waals surface area (Å²) in [6, 6.07) is 6.24. The van der Waals surface area contributed by atoms with Crippen molar-refractivity contribution in [1.82, 2.24) is 5.32 Å². The Balaban J connectivity index is 2.32. The highest BCUT2D eigenvalue weighted by Gasteiger charge is 2.04. The van der Waals surface area contributed by atoms with Crippen LogP contribution in [0.15, 0.2) is 24.3 Å². The van der Waals surface area contributed by atoms with Crippen LogP contribution in [-0.2, 0) is 0 Å². The molecule has 0 aromatic heterocycles. The molecular formula is C12H16BrNO2. The number of amides is 1. The van der Waals surface area contributed by atoms with E-state index in [1.165, 1.54) is 12.1 Å². The predicted molar refractivity (Wildman–Crippen MR) is 68.1 cm³/mol. The maximum Gasteiger partial charge on any atom is 0.251 e. The van der Waals surface area contributed by atoms with Gasteiger partial charge in [0, 0.05) is 16.9 Å². The van der Waals surface area contributed by atoms with Gasteiger partial charge >= 0.3 is 0 Å². The van der Waals surface area contributed by atoms with Gasteiger partial charge in [-0.15, -0.1) is 0 Å². The number of halogens is 1. The van der Waals surface area contributed by atoms with Crippen LogP contribution in [-0.4, -0.2) is 22.4 Å². The van der Waals surface area contributed by atoms with Gasteiger partial charge in [0.05, 0.1) is 0 Å². The zero-order valence-corrected chi connectivity index (χ0v) is 10.8. The highest BCUT2D eigenvalue weighted by atomic mass is 79.9. The number of benzene rings is 1. The zero-order chi connectivity index (χ0) is 12.0. The van der Waals surface area contributed by atoms with Gasteiger partial charge in [-0.25, -0.2) is 0 Å². The summed E-state index contributed by atoms with van der Waals surface area (Å²) < 4.78 is 0. The molecule has 0 aliphatic carbocycles. The van der Waals surface area contributed by atoms with Crippen molar-refractivity contribution in [2.45, 2.75) is 24.6 Å². The zero-order valence-electron chi connectivity index (χ0n) is 9.24. The first-order valence-electron chi connectivity index (χ1n) is 5.31. The second-order valence-electron chi connectivity index (χ2n) is 3.73. The minimum atomic E-state index is -0.0952. The molecule has 1 atom stereocenters. The third kappa shape index (κ3) is 4.66. The number of hydrogen-bond acceptors (Lipinski definition) is 2. The third-order valence-electron chi connectivity index (χ3n) is 2.19. The number of carbonyl (C=O) groups is 1. The lowest BCUT2D eigenvalue weighted by molar-refractivity contribution is 0.0953. The molecule has 1 aromatic rings. The van der Waals surface area contributed by atoms with E-state index in [1.807, 2.05) is 0 Å². The van der Waals surface area contributed by atoms with E-state index < -0.39 is 0 Å². The van der Waals surface area contributed by atoms with E-state index in [0.717, 1.165) is 12.8 Å². The highest BCUT2D eigenvalue weighted by Crippen LogP contribution is 2.09. The van der Waals surface area contributed by atoms with Crippen LogP contribution in [0.5, 0.6) is 5.75 Å². The maximum absolute atomic E-state index is 11.6. The van der Waals surface area contributed by atoms with Crippen molar-refractivity contribution in [2.75, 3.05) is 6.54 Å². The van der Waals surface area contributed by atoms with Crippen molar-refractivity contribution < 1.29 is 9.90 Å². The summed E-state index contributed by atoms with van der Waals surface area (Å²) in [4.78, 5) is 12.1. The number of carbonyl (C=O) groups excluding carboxylic acids is 1. The van der Waals surface area contributed by atoms with Crippen LogP contribution in [0, 0.1) is 0 Å². The lowest BCUT2D eigenvalue weighted by atomic mass is 10.2. The first-order valence-corrected chi connectivity index (χ1v) is 6.22. The van der Waals surface area contributed by atoms with E-state index in [-0.39, 0.29) is 11.7 Å². The normalized spacial score (nSPS) is 12.1. The van der Waals surface area contributed by atoms with Gasteiger partial charge in [0.2, 0.25) is 0 Å². The van der Waals surface area contributed by atoms with E-state index in [9.17, 15) is 4.79 Å². The topological polar surface area (TPSA) is 49.3 Å². The molecule has 0 spiro atoms. The van der Waals surface area contributed by atoms with Gasteiger partial charge in [-0.05, 0) is 37.1 Å². The van der Waals surface area contributed by atoms with Crippen LogP contribution in [0.1, 0.15) is 30.1 Å². The summed E-state index contributed by atoms with van der Waals surface area (Å²) >= 11 is 3.45. The molecule has 1 amide bonds. The molecule has 0 saturated heterocycles. The SMILES string of the molecule is CC(Br)CCCNC(=O)c1ccc(O)cc1. The molecule has 0 bridgehead atoms. The van der Waals surface area contributed by atoms with E-state index in [0.29, 0.717) is 16.9 Å². The van der Waals surface area contributed by atoms with Gasteiger partial charge in [0.25, 0.3) is 5.91 Å². The lowest BCUT2D eigenvalue weighted by Crippen LogP contribution is -2.24. The smallest absolute Gasteiger partial charge is 0.251 e. The number of aromatic hydroxyl groups is 1. The molecule has 2 N–H and O–H groups in total. The molecule has 0 aliphatic heterocycles. The van der Waals surface area contributed by atoms with E-state index in [2.05, 4.69) is 28.2 Å². The fourth-order valence-corrected chi connectivity index (χ4v) is 1.62. The average Bonchev–Trinajstić information content (AvgIpc) is 2.25. The van der Waals surface area contributed by atoms with Crippen LogP contribution in [0.3, 0.4) is 0 Å². The van der Waals surface area contributed by atoms with Crippen molar-refractivity contribution >= 4 is 21.8 Å². The van der Waals surface area contributed by atoms with E-state index in [1.54, 1.807) is 12.1 Å². The monoisotopic (exact) mass is 285 g/mol. The fourth-order valence-electron chi connectivity index (χ4n) is 1.30. The first-order chi connectivity index (χ1) is 7.59. The van der Waals surface area contributed by atoms with Crippen LogP contribution in [0.25, 0.3) is 0 Å². The minimum Gasteiger partial charge on any atom is -0.508 e. The van der Waals surface area contributed by atoms with Crippen molar-refractivity contribution in [3.05, 3.63) is 29.8 Å². The van der Waals surface area contributed by atoms with Gasteiger partial charge < -0.3 is 10.4 Å². The summed E-state index contributed by atoms with van der Waals surface area (Å²) in [5.74, 6) is 0.0758. The summed E-state index contributed by atoms with van der Waals surface area (Å²) in [6.07, 6.45) is 1.99. The first kappa shape index (κ1) is 13.0. The molecule has 16 heavy (non-hydrogen) atoms. The predicted octanol–water partition coefficient (Wildman–Crippen LogP) is 2.69. The quantitative estimate of drug-likeness (QED) is 0.646. The standard InChI is InChI=1S/C12H16BrNO2/c1-9(13)3-2-8-14-12(16)10-4-6-11(15)7-5-10/h4-7,9,15H,2-3,8H2,1H3,(H,14,16). The maximum atomic E-state index is 11.6.